The number of aromatic nitrogens is 1. The zero-order valence-electron chi connectivity index (χ0n) is 11.1. The van der Waals surface area contributed by atoms with Gasteiger partial charge >= 0.3 is 6.09 Å². The second-order valence-electron chi connectivity index (χ2n) is 5.42. The van der Waals surface area contributed by atoms with Crippen molar-refractivity contribution in [2.24, 2.45) is 5.92 Å². The lowest BCUT2D eigenvalue weighted by Gasteiger charge is -2.23. The Hall–Kier alpha value is -1.70. The fourth-order valence-corrected chi connectivity index (χ4v) is 3.14. The van der Waals surface area contributed by atoms with Crippen LogP contribution in [0.15, 0.2) is 10.7 Å². The molecule has 3 rings (SSSR count). The molecule has 6 nitrogen and oxygen atoms in total. The molecule has 3 atom stereocenters. The van der Waals surface area contributed by atoms with Crippen molar-refractivity contribution >= 4 is 33.7 Å². The first-order valence-corrected chi connectivity index (χ1v) is 7.32. The number of halogens is 2. The van der Waals surface area contributed by atoms with Crippen LogP contribution in [0.1, 0.15) is 18.4 Å². The summed E-state index contributed by atoms with van der Waals surface area (Å²) in [7, 11) is 0. The van der Waals surface area contributed by atoms with Crippen LogP contribution in [0.25, 0.3) is 0 Å². The first-order chi connectivity index (χ1) is 9.88. The molecule has 0 spiro atoms. The molecule has 1 aliphatic carbocycles. The molecule has 0 aromatic carbocycles. The van der Waals surface area contributed by atoms with Crippen molar-refractivity contribution in [1.29, 1.82) is 0 Å². The third kappa shape index (κ3) is 2.48. The van der Waals surface area contributed by atoms with Gasteiger partial charge in [0.2, 0.25) is 5.91 Å². The van der Waals surface area contributed by atoms with E-state index in [1.54, 1.807) is 6.92 Å². The molecule has 1 aromatic rings. The maximum Gasteiger partial charge on any atom is 0.408 e. The van der Waals surface area contributed by atoms with Crippen molar-refractivity contribution in [3.63, 3.8) is 0 Å². The number of carbonyl (C=O) groups is 2. The maximum atomic E-state index is 13.3. The Bertz CT molecular complexity index is 639. The standard InChI is InChI=1S/C13H13BrFN3O3/c1-5-2-7(15)10(14)16-11(5)17-12(19)9-4-6-3-8(6)18(9)13(20)21/h2,6,8-9H,3-4H2,1H3,(H,20,21)(H,16,17,19). The van der Waals surface area contributed by atoms with Gasteiger partial charge in [-0.2, -0.15) is 0 Å². The van der Waals surface area contributed by atoms with Gasteiger partial charge in [-0.1, -0.05) is 0 Å². The maximum absolute atomic E-state index is 13.3. The van der Waals surface area contributed by atoms with Crippen molar-refractivity contribution in [1.82, 2.24) is 9.88 Å². The third-order valence-electron chi connectivity index (χ3n) is 3.99. The van der Waals surface area contributed by atoms with Crippen LogP contribution in [0.3, 0.4) is 0 Å². The fraction of sp³-hybridized carbons (Fsp3) is 0.462. The highest BCUT2D eigenvalue weighted by Gasteiger charge is 2.56. The number of piperidine rings is 1. The molecule has 1 saturated carbocycles. The normalized spacial score (nSPS) is 26.4. The third-order valence-corrected chi connectivity index (χ3v) is 4.55. The first-order valence-electron chi connectivity index (χ1n) is 6.53. The van der Waals surface area contributed by atoms with Gasteiger partial charge < -0.3 is 10.4 Å². The van der Waals surface area contributed by atoms with Crippen LogP contribution >= 0.6 is 15.9 Å². The summed E-state index contributed by atoms with van der Waals surface area (Å²) >= 11 is 2.96. The summed E-state index contributed by atoms with van der Waals surface area (Å²) in [5.41, 5.74) is 0.481. The lowest BCUT2D eigenvalue weighted by molar-refractivity contribution is -0.120. The van der Waals surface area contributed by atoms with Crippen molar-refractivity contribution in [3.05, 3.63) is 22.1 Å². The lowest BCUT2D eigenvalue weighted by Crippen LogP contribution is -2.45. The zero-order chi connectivity index (χ0) is 15.3. The monoisotopic (exact) mass is 357 g/mol. The quantitative estimate of drug-likeness (QED) is 0.796. The van der Waals surface area contributed by atoms with E-state index >= 15 is 0 Å². The molecule has 1 aromatic heterocycles. The van der Waals surface area contributed by atoms with Gasteiger partial charge in [-0.3, -0.25) is 9.69 Å². The highest BCUT2D eigenvalue weighted by molar-refractivity contribution is 9.10. The topological polar surface area (TPSA) is 82.5 Å². The van der Waals surface area contributed by atoms with E-state index in [1.807, 2.05) is 0 Å². The molecule has 2 amide bonds. The number of hydrogen-bond donors (Lipinski definition) is 2. The van der Waals surface area contributed by atoms with E-state index in [0.29, 0.717) is 12.0 Å². The molecule has 1 saturated heterocycles. The van der Waals surface area contributed by atoms with Gasteiger partial charge in [0.1, 0.15) is 16.5 Å². The van der Waals surface area contributed by atoms with Crippen molar-refractivity contribution < 1.29 is 19.1 Å². The second-order valence-corrected chi connectivity index (χ2v) is 6.17. The second kappa shape index (κ2) is 4.94. The Kier molecular flexibility index (Phi) is 3.35. The highest BCUT2D eigenvalue weighted by atomic mass is 79.9. The van der Waals surface area contributed by atoms with Crippen LogP contribution in [0.4, 0.5) is 15.0 Å². The number of aryl methyl sites for hydroxylation is 1. The van der Waals surface area contributed by atoms with Crippen LogP contribution in [0.2, 0.25) is 0 Å². The molecule has 21 heavy (non-hydrogen) atoms. The molecule has 112 valence electrons. The minimum Gasteiger partial charge on any atom is -0.465 e. The average molecular weight is 358 g/mol. The van der Waals surface area contributed by atoms with E-state index in [4.69, 9.17) is 0 Å². The largest absolute Gasteiger partial charge is 0.465 e. The Morgan fingerprint density at radius 3 is 2.90 bits per heavy atom. The smallest absolute Gasteiger partial charge is 0.408 e. The van der Waals surface area contributed by atoms with Crippen LogP contribution in [0.5, 0.6) is 0 Å². The molecule has 2 heterocycles. The van der Waals surface area contributed by atoms with Gasteiger partial charge in [-0.15, -0.1) is 0 Å². The number of anilines is 1. The zero-order valence-corrected chi connectivity index (χ0v) is 12.7. The number of fused-ring (bicyclic) bond motifs is 1. The number of hydrogen-bond acceptors (Lipinski definition) is 3. The van der Waals surface area contributed by atoms with E-state index in [-0.39, 0.29) is 22.4 Å². The molecule has 3 unspecified atom stereocenters. The lowest BCUT2D eigenvalue weighted by atomic mass is 10.1. The SMILES string of the molecule is Cc1cc(F)c(Br)nc1NC(=O)C1CC2CC2N1C(=O)O. The van der Waals surface area contributed by atoms with Crippen molar-refractivity contribution in [3.8, 4) is 0 Å². The van der Waals surface area contributed by atoms with E-state index < -0.39 is 23.9 Å². The van der Waals surface area contributed by atoms with Crippen LogP contribution in [0, 0.1) is 18.7 Å². The number of carbonyl (C=O) groups excluding carboxylic acids is 1. The summed E-state index contributed by atoms with van der Waals surface area (Å²) in [6.45, 7) is 1.62. The molecular weight excluding hydrogens is 345 g/mol. The van der Waals surface area contributed by atoms with E-state index in [0.717, 1.165) is 6.42 Å². The molecule has 2 fully saturated rings. The first kappa shape index (κ1) is 14.2. The fourth-order valence-electron chi connectivity index (χ4n) is 2.85. The number of amides is 2. The van der Waals surface area contributed by atoms with Gasteiger partial charge in [-0.25, -0.2) is 14.2 Å². The van der Waals surface area contributed by atoms with Gasteiger partial charge in [0.15, 0.2) is 5.82 Å². The predicted molar refractivity (Wildman–Crippen MR) is 75.4 cm³/mol. The summed E-state index contributed by atoms with van der Waals surface area (Å²) in [6, 6.07) is 0.525. The summed E-state index contributed by atoms with van der Waals surface area (Å²) in [4.78, 5) is 28.7. The molecule has 1 aliphatic heterocycles. The molecule has 2 aliphatic rings. The Morgan fingerprint density at radius 1 is 1.52 bits per heavy atom. The van der Waals surface area contributed by atoms with Gasteiger partial charge in [-0.05, 0) is 53.2 Å². The van der Waals surface area contributed by atoms with Gasteiger partial charge in [0, 0.05) is 6.04 Å². The van der Waals surface area contributed by atoms with Crippen molar-refractivity contribution in [2.75, 3.05) is 5.32 Å². The van der Waals surface area contributed by atoms with Gasteiger partial charge in [0.25, 0.3) is 0 Å². The van der Waals surface area contributed by atoms with Crippen LogP contribution in [-0.2, 0) is 4.79 Å². The average Bonchev–Trinajstić information content (AvgIpc) is 3.05. The Morgan fingerprint density at radius 2 is 2.24 bits per heavy atom. The summed E-state index contributed by atoms with van der Waals surface area (Å²) < 4.78 is 13.3. The number of pyridine rings is 1. The highest BCUT2D eigenvalue weighted by Crippen LogP contribution is 2.48. The number of carboxylic acid groups (broad SMARTS) is 1. The molecule has 2 N–H and O–H groups in total. The van der Waals surface area contributed by atoms with Gasteiger partial charge in [0.05, 0.1) is 0 Å². The Balaban J connectivity index is 1.78. The molecular formula is C13H13BrFN3O3. The summed E-state index contributed by atoms with van der Waals surface area (Å²) in [6.07, 6.45) is 0.282. The van der Waals surface area contributed by atoms with E-state index in [9.17, 15) is 19.1 Å². The predicted octanol–water partition coefficient (Wildman–Crippen LogP) is 2.37. The molecule has 0 bridgehead atoms. The van der Waals surface area contributed by atoms with Crippen LogP contribution in [-0.4, -0.2) is 39.1 Å². The van der Waals surface area contributed by atoms with Crippen molar-refractivity contribution in [2.45, 2.75) is 31.8 Å². The number of likely N-dealkylation sites (tertiary alicyclic amines) is 1. The molecule has 8 heteroatoms. The van der Waals surface area contributed by atoms with Crippen LogP contribution < -0.4 is 5.32 Å². The minimum atomic E-state index is -1.08. The summed E-state index contributed by atoms with van der Waals surface area (Å²) in [5, 5.41) is 11.8. The number of rotatable bonds is 2. The number of nitrogens with one attached hydrogen (secondary N) is 1. The minimum absolute atomic E-state index is 0.00719. The summed E-state index contributed by atoms with van der Waals surface area (Å²) in [5.74, 6) is -0.413. The molecule has 0 radical (unpaired) electrons. The van der Waals surface area contributed by atoms with E-state index in [1.165, 1.54) is 11.0 Å². The number of nitrogens with zero attached hydrogens (tertiary/aromatic N) is 2. The Labute approximate surface area is 128 Å². The van der Waals surface area contributed by atoms with E-state index in [2.05, 4.69) is 26.2 Å².